The van der Waals surface area contributed by atoms with Crippen LogP contribution in [0.2, 0.25) is 0 Å². The molecule has 1 aliphatic heterocycles. The smallest absolute Gasteiger partial charge is 0.435 e. The Morgan fingerprint density at radius 1 is 1.03 bits per heavy atom. The second kappa shape index (κ2) is 9.48. The first kappa shape index (κ1) is 23.4. The fraction of sp³-hybridized carbons (Fsp3) is 0.267. The number of hydrogen-bond donors (Lipinski definition) is 0. The number of aryl methyl sites for hydroxylation is 2. The van der Waals surface area contributed by atoms with Crippen LogP contribution in [0, 0.1) is 19.7 Å². The summed E-state index contributed by atoms with van der Waals surface area (Å²) in [5.74, 6) is 0.101. The molecule has 0 bridgehead atoms. The lowest BCUT2D eigenvalue weighted by molar-refractivity contribution is 0.0842. The van der Waals surface area contributed by atoms with Gasteiger partial charge in [-0.15, -0.1) is 0 Å². The van der Waals surface area contributed by atoms with E-state index in [1.54, 1.807) is 6.92 Å². The Morgan fingerprint density at radius 2 is 1.81 bits per heavy atom. The van der Waals surface area contributed by atoms with Crippen LogP contribution in [-0.2, 0) is 16.1 Å². The Kier molecular flexibility index (Phi) is 6.00. The minimum absolute atomic E-state index is 0.177. The van der Waals surface area contributed by atoms with Gasteiger partial charge in [-0.3, -0.25) is 0 Å². The number of carbonyl (C=O) groups is 1. The number of ether oxygens (including phenoxy) is 2. The van der Waals surface area contributed by atoms with Gasteiger partial charge in [-0.1, -0.05) is 30.3 Å². The highest BCUT2D eigenvalue weighted by atomic mass is 19.1. The van der Waals surface area contributed by atoms with Crippen LogP contribution in [0.15, 0.2) is 66.7 Å². The minimum Gasteiger partial charge on any atom is -0.443 e. The number of rotatable bonds is 4. The van der Waals surface area contributed by atoms with Crippen molar-refractivity contribution in [2.75, 3.05) is 13.2 Å². The summed E-state index contributed by atoms with van der Waals surface area (Å²) >= 11 is 0. The summed E-state index contributed by atoms with van der Waals surface area (Å²) in [6.07, 6.45) is 1.34. The summed E-state index contributed by atoms with van der Waals surface area (Å²) in [6, 6.07) is 21.1. The van der Waals surface area contributed by atoms with E-state index in [-0.39, 0.29) is 12.4 Å². The second-order valence-electron chi connectivity index (χ2n) is 9.69. The lowest BCUT2D eigenvalue weighted by Gasteiger charge is -2.24. The van der Waals surface area contributed by atoms with E-state index in [2.05, 4.69) is 21.8 Å². The van der Waals surface area contributed by atoms with Crippen molar-refractivity contribution in [3.8, 4) is 5.69 Å². The number of halogens is 1. The molecule has 0 saturated carbocycles. The molecule has 37 heavy (non-hydrogen) atoms. The average Bonchev–Trinajstić information content (AvgIpc) is 3.46. The molecule has 0 radical (unpaired) electrons. The maximum Gasteiger partial charge on any atom is 0.435 e. The number of benzene rings is 3. The molecule has 0 N–H and O–H groups in total. The van der Waals surface area contributed by atoms with Crippen molar-refractivity contribution < 1.29 is 18.7 Å². The van der Waals surface area contributed by atoms with Crippen LogP contribution in [0.3, 0.4) is 0 Å². The van der Waals surface area contributed by atoms with Gasteiger partial charge >= 0.3 is 6.09 Å². The molecule has 0 aliphatic carbocycles. The monoisotopic (exact) mass is 497 g/mol. The molecule has 3 heterocycles. The maximum atomic E-state index is 14.1. The molecule has 0 spiro atoms. The molecule has 6 nitrogen and oxygen atoms in total. The molecule has 6 rings (SSSR count). The molecule has 1 fully saturated rings. The van der Waals surface area contributed by atoms with Gasteiger partial charge in [-0.05, 0) is 74.2 Å². The SMILES string of the molecule is Cc1cc(-n2c(C3CCOCC3)cc3cc4c(cc32)c(C)nn4C(=O)OCc2ccccc2)ccc1F. The topological polar surface area (TPSA) is 58.3 Å². The van der Waals surface area contributed by atoms with Crippen molar-refractivity contribution in [3.05, 3.63) is 95.1 Å². The van der Waals surface area contributed by atoms with E-state index in [1.165, 1.54) is 16.4 Å². The molecule has 1 aliphatic rings. The van der Waals surface area contributed by atoms with E-state index in [1.807, 2.05) is 55.5 Å². The first-order chi connectivity index (χ1) is 18.0. The number of nitrogens with zero attached hydrogens (tertiary/aromatic N) is 3. The van der Waals surface area contributed by atoms with Crippen molar-refractivity contribution in [3.63, 3.8) is 0 Å². The van der Waals surface area contributed by atoms with E-state index < -0.39 is 6.09 Å². The number of hydrogen-bond acceptors (Lipinski definition) is 4. The van der Waals surface area contributed by atoms with Gasteiger partial charge in [0.15, 0.2) is 0 Å². The molecule has 5 aromatic rings. The van der Waals surface area contributed by atoms with Crippen LogP contribution in [0.5, 0.6) is 0 Å². The van der Waals surface area contributed by atoms with Gasteiger partial charge in [0.25, 0.3) is 0 Å². The third-order valence-corrected chi connectivity index (χ3v) is 7.23. The van der Waals surface area contributed by atoms with E-state index in [9.17, 15) is 9.18 Å². The summed E-state index contributed by atoms with van der Waals surface area (Å²) in [6.45, 7) is 5.29. The van der Waals surface area contributed by atoms with Crippen LogP contribution in [0.25, 0.3) is 27.5 Å². The lowest BCUT2D eigenvalue weighted by atomic mass is 9.96. The van der Waals surface area contributed by atoms with Gasteiger partial charge in [-0.25, -0.2) is 9.18 Å². The predicted octanol–water partition coefficient (Wildman–Crippen LogP) is 6.82. The molecule has 0 atom stereocenters. The Hall–Kier alpha value is -3.97. The maximum absolute atomic E-state index is 14.1. The minimum atomic E-state index is -0.514. The second-order valence-corrected chi connectivity index (χ2v) is 9.69. The Bertz CT molecular complexity index is 1610. The van der Waals surface area contributed by atoms with Crippen molar-refractivity contribution in [2.45, 2.75) is 39.2 Å². The highest BCUT2D eigenvalue weighted by Gasteiger charge is 2.24. The molecule has 2 aromatic heterocycles. The van der Waals surface area contributed by atoms with E-state index >= 15 is 0 Å². The first-order valence-electron chi connectivity index (χ1n) is 12.6. The zero-order valence-corrected chi connectivity index (χ0v) is 20.9. The molecule has 0 amide bonds. The molecular formula is C30H28FN3O3. The summed E-state index contributed by atoms with van der Waals surface area (Å²) < 4.78 is 28.9. The number of aromatic nitrogens is 3. The number of carbonyl (C=O) groups excluding carboxylic acids is 1. The molecule has 7 heteroatoms. The fourth-order valence-corrected chi connectivity index (χ4v) is 5.26. The lowest BCUT2D eigenvalue weighted by Crippen LogP contribution is -2.16. The van der Waals surface area contributed by atoms with Crippen molar-refractivity contribution in [2.24, 2.45) is 0 Å². The van der Waals surface area contributed by atoms with Gasteiger partial charge in [0.05, 0.1) is 16.7 Å². The zero-order valence-electron chi connectivity index (χ0n) is 20.9. The van der Waals surface area contributed by atoms with Crippen LogP contribution in [0.1, 0.15) is 41.3 Å². The van der Waals surface area contributed by atoms with Gasteiger partial charge in [-0.2, -0.15) is 9.78 Å². The predicted molar refractivity (Wildman–Crippen MR) is 141 cm³/mol. The quantitative estimate of drug-likeness (QED) is 0.274. The summed E-state index contributed by atoms with van der Waals surface area (Å²) in [5.41, 5.74) is 6.05. The van der Waals surface area contributed by atoms with Crippen LogP contribution in [-0.4, -0.2) is 33.7 Å². The van der Waals surface area contributed by atoms with Crippen molar-refractivity contribution in [1.29, 1.82) is 0 Å². The van der Waals surface area contributed by atoms with Gasteiger partial charge in [0.1, 0.15) is 12.4 Å². The average molecular weight is 498 g/mol. The first-order valence-corrected chi connectivity index (χ1v) is 12.6. The highest BCUT2D eigenvalue weighted by molar-refractivity contribution is 6.00. The molecule has 188 valence electrons. The normalized spacial score (nSPS) is 14.5. The fourth-order valence-electron chi connectivity index (χ4n) is 5.26. The van der Waals surface area contributed by atoms with Crippen molar-refractivity contribution in [1.82, 2.24) is 14.3 Å². The van der Waals surface area contributed by atoms with Gasteiger partial charge < -0.3 is 14.0 Å². The van der Waals surface area contributed by atoms with Crippen molar-refractivity contribution >= 4 is 27.9 Å². The Balaban J connectivity index is 1.47. The molecule has 0 unspecified atom stereocenters. The van der Waals surface area contributed by atoms with Crippen LogP contribution >= 0.6 is 0 Å². The van der Waals surface area contributed by atoms with Crippen LogP contribution < -0.4 is 0 Å². The standard InChI is InChI=1S/C30H28FN3O3/c1-19-14-24(8-9-26(19)31)33-27(22-10-12-36-13-11-22)15-23-16-29-25(17-28(23)33)20(2)32-34(29)30(35)37-18-21-6-4-3-5-7-21/h3-9,14-17,22H,10-13,18H2,1-2H3. The van der Waals surface area contributed by atoms with E-state index in [0.717, 1.165) is 59.3 Å². The van der Waals surface area contributed by atoms with Gasteiger partial charge in [0.2, 0.25) is 0 Å². The van der Waals surface area contributed by atoms with Gasteiger partial charge in [0, 0.05) is 41.3 Å². The molecular weight excluding hydrogens is 469 g/mol. The third-order valence-electron chi connectivity index (χ3n) is 7.23. The molecule has 1 saturated heterocycles. The number of fused-ring (bicyclic) bond motifs is 2. The highest BCUT2D eigenvalue weighted by Crippen LogP contribution is 2.37. The third kappa shape index (κ3) is 4.29. The Morgan fingerprint density at radius 3 is 2.57 bits per heavy atom. The van der Waals surface area contributed by atoms with Crippen LogP contribution in [0.4, 0.5) is 9.18 Å². The van der Waals surface area contributed by atoms with E-state index in [0.29, 0.717) is 17.0 Å². The summed E-state index contributed by atoms with van der Waals surface area (Å²) in [5, 5.41) is 6.38. The Labute approximate surface area is 214 Å². The zero-order chi connectivity index (χ0) is 25.5. The summed E-state index contributed by atoms with van der Waals surface area (Å²) in [4.78, 5) is 13.0. The summed E-state index contributed by atoms with van der Waals surface area (Å²) in [7, 11) is 0. The van der Waals surface area contributed by atoms with E-state index in [4.69, 9.17) is 9.47 Å². The largest absolute Gasteiger partial charge is 0.443 e. The molecule has 3 aromatic carbocycles.